The van der Waals surface area contributed by atoms with Gasteiger partial charge in [-0.1, -0.05) is 0 Å². The average Bonchev–Trinajstić information content (AvgIpc) is 2.30. The van der Waals surface area contributed by atoms with Crippen LogP contribution in [0.2, 0.25) is 0 Å². The molecular weight excluding hydrogens is 180 g/mol. The quantitative estimate of drug-likeness (QED) is 0.285. The van der Waals surface area contributed by atoms with E-state index in [4.69, 9.17) is 5.84 Å². The van der Waals surface area contributed by atoms with E-state index >= 15 is 0 Å². The van der Waals surface area contributed by atoms with Gasteiger partial charge in [0.1, 0.15) is 0 Å². The van der Waals surface area contributed by atoms with Gasteiger partial charge in [-0.25, -0.2) is 5.84 Å². The van der Waals surface area contributed by atoms with Crippen molar-refractivity contribution < 1.29 is 13.9 Å². The van der Waals surface area contributed by atoms with Crippen LogP contribution < -0.4 is 11.3 Å². The Kier molecular flexibility index (Phi) is 2.94. The molecule has 1 fully saturated rings. The molecule has 0 aromatic carbocycles. The third kappa shape index (κ3) is 2.63. The molecule has 0 aliphatic carbocycles. The summed E-state index contributed by atoms with van der Waals surface area (Å²) < 4.78 is 18.5. The van der Waals surface area contributed by atoms with Crippen LogP contribution in [-0.4, -0.2) is 26.5 Å². The zero-order valence-electron chi connectivity index (χ0n) is 6.69. The van der Waals surface area contributed by atoms with Gasteiger partial charge in [0.15, 0.2) is 0 Å². The van der Waals surface area contributed by atoms with E-state index in [1.807, 2.05) is 5.43 Å². The first-order valence-corrected chi connectivity index (χ1v) is 5.65. The molecule has 12 heavy (non-hydrogen) atoms. The Morgan fingerprint density at radius 3 is 2.75 bits per heavy atom. The summed E-state index contributed by atoms with van der Waals surface area (Å²) in [4.78, 5) is 10.8. The highest BCUT2D eigenvalue weighted by Gasteiger charge is 2.29. The van der Waals surface area contributed by atoms with Crippen LogP contribution in [0.5, 0.6) is 0 Å². The van der Waals surface area contributed by atoms with Crippen LogP contribution in [0, 0.1) is 5.92 Å². The lowest BCUT2D eigenvalue weighted by atomic mass is 10.1. The van der Waals surface area contributed by atoms with E-state index in [-0.39, 0.29) is 11.8 Å². The molecule has 5 N–H and O–H groups in total. The third-order valence-corrected chi connectivity index (χ3v) is 3.89. The number of carbonyl (C=O) groups excluding carboxylic acids is 1. The molecule has 5 nitrogen and oxygen atoms in total. The van der Waals surface area contributed by atoms with Gasteiger partial charge in [0.25, 0.3) is 0 Å². The molecule has 1 aliphatic rings. The number of hydrogen-bond acceptors (Lipinski definition) is 4. The number of nitrogens with two attached hydrogens (primary N) is 1. The Morgan fingerprint density at radius 1 is 1.67 bits per heavy atom. The summed E-state index contributed by atoms with van der Waals surface area (Å²) in [5.41, 5.74) is 2.03. The van der Waals surface area contributed by atoms with Crippen molar-refractivity contribution in [2.75, 3.05) is 11.5 Å². The fourth-order valence-corrected chi connectivity index (χ4v) is 3.30. The maximum Gasteiger partial charge on any atom is 0.234 e. The Balaban J connectivity index is 2.33. The van der Waals surface area contributed by atoms with Crippen molar-refractivity contribution in [1.82, 2.24) is 5.43 Å². The first-order chi connectivity index (χ1) is 5.53. The molecule has 1 unspecified atom stereocenters. The van der Waals surface area contributed by atoms with Gasteiger partial charge in [0.2, 0.25) is 5.91 Å². The van der Waals surface area contributed by atoms with Crippen molar-refractivity contribution in [1.29, 1.82) is 0 Å². The number of hydrazine groups is 1. The van der Waals surface area contributed by atoms with Crippen LogP contribution >= 0.6 is 10.6 Å². The lowest BCUT2D eigenvalue weighted by Crippen LogP contribution is -2.31. The monoisotopic (exact) mass is 194 g/mol. The van der Waals surface area contributed by atoms with Gasteiger partial charge in [-0.15, -0.1) is 0 Å². The van der Waals surface area contributed by atoms with Crippen LogP contribution in [0.25, 0.3) is 0 Å². The lowest BCUT2D eigenvalue weighted by Gasteiger charge is -2.25. The molecule has 0 aromatic rings. The van der Waals surface area contributed by atoms with Crippen LogP contribution in [0.15, 0.2) is 0 Å². The molecule has 0 bridgehead atoms. The van der Waals surface area contributed by atoms with Crippen LogP contribution in [0.3, 0.4) is 0 Å². The Bertz CT molecular complexity index is 186. The minimum atomic E-state index is -2.37. The van der Waals surface area contributed by atoms with Gasteiger partial charge >= 0.3 is 0 Å². The molecule has 1 aliphatic heterocycles. The van der Waals surface area contributed by atoms with E-state index in [9.17, 15) is 13.9 Å². The smallest absolute Gasteiger partial charge is 0.234 e. The second-order valence-electron chi connectivity index (χ2n) is 3.10. The highest BCUT2D eigenvalue weighted by Crippen LogP contribution is 2.49. The lowest BCUT2D eigenvalue weighted by molar-refractivity contribution is -0.121. The molecule has 6 heteroatoms. The van der Waals surface area contributed by atoms with E-state index in [0.717, 1.165) is 0 Å². The summed E-state index contributed by atoms with van der Waals surface area (Å²) in [6.45, 7) is 0. The molecule has 0 saturated carbocycles. The van der Waals surface area contributed by atoms with Crippen LogP contribution in [-0.2, 0) is 4.79 Å². The summed E-state index contributed by atoms with van der Waals surface area (Å²) >= 11 is 0. The number of amides is 1. The normalized spacial score (nSPS) is 29.8. The molecule has 0 spiro atoms. The topological polar surface area (TPSA) is 95.6 Å². The molecule has 0 aromatic heterocycles. The Labute approximate surface area is 72.6 Å². The summed E-state index contributed by atoms with van der Waals surface area (Å²) in [6.07, 6.45) is 1.00. The van der Waals surface area contributed by atoms with Gasteiger partial charge in [-0.2, -0.15) is 10.6 Å². The van der Waals surface area contributed by atoms with E-state index in [1.165, 1.54) is 0 Å². The second-order valence-corrected chi connectivity index (χ2v) is 5.45. The van der Waals surface area contributed by atoms with Crippen molar-refractivity contribution in [2.45, 2.75) is 12.8 Å². The molecule has 72 valence electrons. The van der Waals surface area contributed by atoms with Crippen molar-refractivity contribution in [3.63, 3.8) is 0 Å². The van der Waals surface area contributed by atoms with Gasteiger partial charge < -0.3 is 0 Å². The summed E-state index contributed by atoms with van der Waals surface area (Å²) in [6, 6.07) is 0. The standard InChI is InChI=1S/C6H14N2O3S/c7-8-6(9)3-5-1-2-12(10,11)4-5/h5,10-11H,1-4,7H2,(H,8,9). The number of hydrogen-bond donors (Lipinski definition) is 4. The van der Waals surface area contributed by atoms with E-state index < -0.39 is 10.6 Å². The predicted octanol–water partition coefficient (Wildman–Crippen LogP) is 0.137. The molecule has 1 saturated heterocycles. The molecule has 0 radical (unpaired) electrons. The van der Waals surface area contributed by atoms with Crippen LogP contribution in [0.1, 0.15) is 12.8 Å². The van der Waals surface area contributed by atoms with Crippen molar-refractivity contribution >= 4 is 16.5 Å². The first kappa shape index (κ1) is 9.79. The largest absolute Gasteiger partial charge is 0.299 e. The summed E-state index contributed by atoms with van der Waals surface area (Å²) in [5, 5.41) is 0. The van der Waals surface area contributed by atoms with Gasteiger partial charge in [0.05, 0.1) is 0 Å². The fourth-order valence-electron chi connectivity index (χ4n) is 1.38. The van der Waals surface area contributed by atoms with Gasteiger partial charge in [0, 0.05) is 17.9 Å². The van der Waals surface area contributed by atoms with Crippen molar-refractivity contribution in [3.8, 4) is 0 Å². The molecule has 1 rings (SSSR count). The minimum absolute atomic E-state index is 0.0820. The third-order valence-electron chi connectivity index (χ3n) is 1.99. The molecular formula is C6H14N2O3S. The summed E-state index contributed by atoms with van der Waals surface area (Å²) in [5.74, 6) is 5.52. The van der Waals surface area contributed by atoms with Crippen LogP contribution in [0.4, 0.5) is 0 Å². The van der Waals surface area contributed by atoms with E-state index in [2.05, 4.69) is 0 Å². The molecule has 1 amide bonds. The number of carbonyl (C=O) groups is 1. The Hall–Kier alpha value is -0.300. The first-order valence-electron chi connectivity index (χ1n) is 3.76. The summed E-state index contributed by atoms with van der Waals surface area (Å²) in [7, 11) is -2.37. The SMILES string of the molecule is NNC(=O)CC1CCS(O)(O)C1. The zero-order valence-corrected chi connectivity index (χ0v) is 7.51. The van der Waals surface area contributed by atoms with Gasteiger partial charge in [-0.05, 0) is 12.3 Å². The minimum Gasteiger partial charge on any atom is -0.299 e. The molecule has 1 heterocycles. The van der Waals surface area contributed by atoms with Crippen molar-refractivity contribution in [2.24, 2.45) is 11.8 Å². The van der Waals surface area contributed by atoms with Crippen molar-refractivity contribution in [3.05, 3.63) is 0 Å². The maximum atomic E-state index is 10.8. The van der Waals surface area contributed by atoms with Gasteiger partial charge in [-0.3, -0.25) is 19.3 Å². The van der Waals surface area contributed by atoms with E-state index in [1.54, 1.807) is 0 Å². The second kappa shape index (κ2) is 3.61. The highest BCUT2D eigenvalue weighted by atomic mass is 32.3. The molecule has 1 atom stereocenters. The Morgan fingerprint density at radius 2 is 2.33 bits per heavy atom. The van der Waals surface area contributed by atoms with E-state index in [0.29, 0.717) is 24.3 Å². The maximum absolute atomic E-state index is 10.8. The predicted molar refractivity (Wildman–Crippen MR) is 47.6 cm³/mol. The number of nitrogens with one attached hydrogen (secondary N) is 1. The number of rotatable bonds is 2. The average molecular weight is 194 g/mol. The fraction of sp³-hybridized carbons (Fsp3) is 0.833. The highest BCUT2D eigenvalue weighted by molar-refractivity contribution is 8.24. The zero-order chi connectivity index (χ0) is 9.19.